The minimum Gasteiger partial charge on any atom is -0.393 e. The van der Waals surface area contributed by atoms with Crippen molar-refractivity contribution in [3.63, 3.8) is 0 Å². The summed E-state index contributed by atoms with van der Waals surface area (Å²) in [6.07, 6.45) is 1.10. The van der Waals surface area contributed by atoms with Gasteiger partial charge in [0.05, 0.1) is 24.4 Å². The van der Waals surface area contributed by atoms with E-state index in [1.807, 2.05) is 36.1 Å². The second-order valence-electron chi connectivity index (χ2n) is 7.92. The highest BCUT2D eigenvalue weighted by atomic mass is 127. The van der Waals surface area contributed by atoms with Gasteiger partial charge in [-0.3, -0.25) is 0 Å². The predicted octanol–water partition coefficient (Wildman–Crippen LogP) is 4.53. The first-order chi connectivity index (χ1) is 14.5. The molecule has 1 aliphatic heterocycles. The largest absolute Gasteiger partial charge is 0.393 e. The summed E-state index contributed by atoms with van der Waals surface area (Å²) in [7, 11) is 0. The lowest BCUT2D eigenvalue weighted by molar-refractivity contribution is 0.145. The van der Waals surface area contributed by atoms with E-state index < -0.39 is 0 Å². The molecule has 0 amide bonds. The predicted molar refractivity (Wildman–Crippen MR) is 137 cm³/mol. The molecule has 0 spiro atoms. The maximum Gasteiger partial charge on any atom is 0.192 e. The first kappa shape index (κ1) is 25.4. The number of nitrogens with zero attached hydrogens (tertiary/aromatic N) is 2. The Morgan fingerprint density at radius 2 is 1.94 bits per heavy atom. The van der Waals surface area contributed by atoms with E-state index in [0.29, 0.717) is 44.1 Å². The molecule has 1 atom stereocenters. The van der Waals surface area contributed by atoms with E-state index in [4.69, 9.17) is 0 Å². The number of nitrogens with one attached hydrogen (secondary N) is 2. The summed E-state index contributed by atoms with van der Waals surface area (Å²) in [5.74, 6) is 0.480. The van der Waals surface area contributed by atoms with Gasteiger partial charge < -0.3 is 20.6 Å². The van der Waals surface area contributed by atoms with Gasteiger partial charge in [0, 0.05) is 19.6 Å². The van der Waals surface area contributed by atoms with Crippen molar-refractivity contribution >= 4 is 35.6 Å². The molecular formula is C24H34FIN4O. The van der Waals surface area contributed by atoms with Crippen LogP contribution in [0.15, 0.2) is 47.5 Å². The van der Waals surface area contributed by atoms with E-state index in [9.17, 15) is 9.50 Å². The topological polar surface area (TPSA) is 59.9 Å². The van der Waals surface area contributed by atoms with Gasteiger partial charge in [-0.1, -0.05) is 30.3 Å². The molecule has 1 heterocycles. The smallest absolute Gasteiger partial charge is 0.192 e. The molecule has 1 unspecified atom stereocenters. The number of benzene rings is 2. The molecule has 1 fully saturated rings. The third-order valence-corrected chi connectivity index (χ3v) is 5.59. The van der Waals surface area contributed by atoms with Gasteiger partial charge >= 0.3 is 0 Å². The fourth-order valence-corrected chi connectivity index (χ4v) is 3.86. The Labute approximate surface area is 202 Å². The highest BCUT2D eigenvalue weighted by Crippen LogP contribution is 2.24. The molecule has 0 radical (unpaired) electrons. The molecule has 0 aliphatic carbocycles. The van der Waals surface area contributed by atoms with Gasteiger partial charge in [0.25, 0.3) is 0 Å². The molecule has 31 heavy (non-hydrogen) atoms. The van der Waals surface area contributed by atoms with Crippen LogP contribution in [-0.4, -0.2) is 36.8 Å². The number of aliphatic hydroxyl groups excluding tert-OH is 1. The number of hydrogen-bond acceptors (Lipinski definition) is 3. The standard InChI is InChI=1S/C24H33FN4O.HI/c1-4-26-24(28-18(3)21-8-6-5-7-17(21)2)27-16-19-9-10-23(22(25)15-19)29-13-11-20(30)12-14-29;/h5-10,15,18,20,30H,4,11-14,16H2,1-3H3,(H2,26,27,28);1H. The first-order valence-corrected chi connectivity index (χ1v) is 10.8. The van der Waals surface area contributed by atoms with Gasteiger partial charge in [-0.05, 0) is 62.4 Å². The third-order valence-electron chi connectivity index (χ3n) is 5.59. The lowest BCUT2D eigenvalue weighted by Gasteiger charge is -2.31. The summed E-state index contributed by atoms with van der Waals surface area (Å²) >= 11 is 0. The van der Waals surface area contributed by atoms with Gasteiger partial charge in [-0.25, -0.2) is 9.38 Å². The van der Waals surface area contributed by atoms with Crippen molar-refractivity contribution < 1.29 is 9.50 Å². The number of guanidine groups is 1. The van der Waals surface area contributed by atoms with Crippen LogP contribution >= 0.6 is 24.0 Å². The highest BCUT2D eigenvalue weighted by molar-refractivity contribution is 14.0. The Morgan fingerprint density at radius 3 is 2.58 bits per heavy atom. The minimum absolute atomic E-state index is 0. The second kappa shape index (κ2) is 12.2. The van der Waals surface area contributed by atoms with Gasteiger partial charge in [0.1, 0.15) is 5.82 Å². The number of aliphatic hydroxyl groups is 1. The van der Waals surface area contributed by atoms with E-state index in [1.165, 1.54) is 11.1 Å². The van der Waals surface area contributed by atoms with Gasteiger partial charge in [-0.2, -0.15) is 0 Å². The fourth-order valence-electron chi connectivity index (χ4n) is 3.86. The molecule has 3 rings (SSSR count). The summed E-state index contributed by atoms with van der Waals surface area (Å²) in [4.78, 5) is 6.66. The van der Waals surface area contributed by atoms with E-state index >= 15 is 0 Å². The van der Waals surface area contributed by atoms with Crippen LogP contribution < -0.4 is 15.5 Å². The lowest BCUT2D eigenvalue weighted by atomic mass is 10.0. The Hall–Kier alpha value is -1.87. The number of aryl methyl sites for hydroxylation is 1. The summed E-state index contributed by atoms with van der Waals surface area (Å²) in [6.45, 7) is 8.75. The summed E-state index contributed by atoms with van der Waals surface area (Å²) < 4.78 is 14.7. The zero-order valence-corrected chi connectivity index (χ0v) is 20.9. The lowest BCUT2D eigenvalue weighted by Crippen LogP contribution is -2.38. The maximum absolute atomic E-state index is 14.7. The average Bonchev–Trinajstić information content (AvgIpc) is 2.73. The molecule has 0 saturated carbocycles. The minimum atomic E-state index is -0.267. The number of rotatable bonds is 6. The maximum atomic E-state index is 14.7. The number of piperidine rings is 1. The number of anilines is 1. The molecule has 2 aromatic rings. The fraction of sp³-hybridized carbons (Fsp3) is 0.458. The Kier molecular flexibility index (Phi) is 10.0. The number of aliphatic imine (C=N–C) groups is 1. The van der Waals surface area contributed by atoms with Crippen molar-refractivity contribution in [2.45, 2.75) is 52.3 Å². The van der Waals surface area contributed by atoms with Gasteiger partial charge in [0.2, 0.25) is 0 Å². The molecule has 7 heteroatoms. The van der Waals surface area contributed by atoms with Crippen molar-refractivity contribution in [3.8, 4) is 0 Å². The van der Waals surface area contributed by atoms with Crippen LogP contribution in [0.2, 0.25) is 0 Å². The monoisotopic (exact) mass is 540 g/mol. The van der Waals surface area contributed by atoms with Crippen LogP contribution in [-0.2, 0) is 6.54 Å². The van der Waals surface area contributed by atoms with E-state index in [1.54, 1.807) is 6.07 Å². The molecule has 1 saturated heterocycles. The average molecular weight is 540 g/mol. The Bertz CT molecular complexity index is 868. The molecule has 1 aliphatic rings. The zero-order valence-electron chi connectivity index (χ0n) is 18.6. The molecule has 0 bridgehead atoms. The molecule has 170 valence electrons. The molecule has 3 N–H and O–H groups in total. The molecule has 5 nitrogen and oxygen atoms in total. The molecular weight excluding hydrogens is 506 g/mol. The zero-order chi connectivity index (χ0) is 21.5. The van der Waals surface area contributed by atoms with Crippen molar-refractivity contribution in [2.75, 3.05) is 24.5 Å². The van der Waals surface area contributed by atoms with Crippen molar-refractivity contribution in [2.24, 2.45) is 4.99 Å². The summed E-state index contributed by atoms with van der Waals surface area (Å²) in [5.41, 5.74) is 3.89. The molecule has 2 aromatic carbocycles. The van der Waals surface area contributed by atoms with E-state index in [2.05, 4.69) is 41.6 Å². The Morgan fingerprint density at radius 1 is 1.23 bits per heavy atom. The van der Waals surface area contributed by atoms with Crippen molar-refractivity contribution in [1.29, 1.82) is 0 Å². The van der Waals surface area contributed by atoms with Crippen LogP contribution in [0.25, 0.3) is 0 Å². The quantitative estimate of drug-likeness (QED) is 0.287. The van der Waals surface area contributed by atoms with Crippen LogP contribution in [0.5, 0.6) is 0 Å². The van der Waals surface area contributed by atoms with E-state index in [-0.39, 0.29) is 41.9 Å². The van der Waals surface area contributed by atoms with Crippen LogP contribution in [0.1, 0.15) is 49.4 Å². The van der Waals surface area contributed by atoms with Crippen LogP contribution in [0.3, 0.4) is 0 Å². The highest BCUT2D eigenvalue weighted by Gasteiger charge is 2.19. The van der Waals surface area contributed by atoms with Crippen molar-refractivity contribution in [3.05, 3.63) is 65.0 Å². The third kappa shape index (κ3) is 7.07. The normalized spacial score (nSPS) is 15.9. The molecule has 0 aromatic heterocycles. The number of hydrogen-bond donors (Lipinski definition) is 3. The second-order valence-corrected chi connectivity index (χ2v) is 7.92. The Balaban J connectivity index is 0.00000341. The van der Waals surface area contributed by atoms with Crippen LogP contribution in [0, 0.1) is 12.7 Å². The van der Waals surface area contributed by atoms with Crippen LogP contribution in [0.4, 0.5) is 10.1 Å². The number of halogens is 2. The van der Waals surface area contributed by atoms with Crippen molar-refractivity contribution in [1.82, 2.24) is 10.6 Å². The van der Waals surface area contributed by atoms with E-state index in [0.717, 1.165) is 12.1 Å². The summed E-state index contributed by atoms with van der Waals surface area (Å²) in [5, 5.41) is 16.4. The summed E-state index contributed by atoms with van der Waals surface area (Å²) in [6, 6.07) is 13.7. The first-order valence-electron chi connectivity index (χ1n) is 10.8. The van der Waals surface area contributed by atoms with Gasteiger partial charge in [0.15, 0.2) is 5.96 Å². The van der Waals surface area contributed by atoms with Gasteiger partial charge in [-0.15, -0.1) is 24.0 Å². The SMILES string of the molecule is CCNC(=NCc1ccc(N2CCC(O)CC2)c(F)c1)NC(C)c1ccccc1C.I.